The van der Waals surface area contributed by atoms with E-state index in [1.54, 1.807) is 28.4 Å². The van der Waals surface area contributed by atoms with Gasteiger partial charge in [-0.05, 0) is 30.4 Å². The third-order valence-electron chi connectivity index (χ3n) is 4.79. The average Bonchev–Trinajstić information content (AvgIpc) is 3.17. The van der Waals surface area contributed by atoms with Crippen LogP contribution in [0.2, 0.25) is 0 Å². The Labute approximate surface area is 147 Å². The monoisotopic (exact) mass is 355 g/mol. The highest BCUT2D eigenvalue weighted by atomic mass is 32.1. The molecule has 1 saturated heterocycles. The van der Waals surface area contributed by atoms with E-state index in [-0.39, 0.29) is 17.6 Å². The average molecular weight is 355 g/mol. The Morgan fingerprint density at radius 2 is 2.12 bits per heavy atom. The maximum atomic E-state index is 12.4. The summed E-state index contributed by atoms with van der Waals surface area (Å²) in [7, 11) is 0. The Kier molecular flexibility index (Phi) is 3.53. The lowest BCUT2D eigenvalue weighted by Gasteiger charge is -2.21. The SMILES string of the molecule is O=c1ccc(C2CC2)nn1C1COCC1Nc1ncnc2sccc12. The molecule has 1 saturated carbocycles. The van der Waals surface area contributed by atoms with E-state index in [2.05, 4.69) is 20.4 Å². The van der Waals surface area contributed by atoms with E-state index >= 15 is 0 Å². The van der Waals surface area contributed by atoms with Crippen molar-refractivity contribution in [3.63, 3.8) is 0 Å². The standard InChI is InChI=1S/C17H17N5O2S/c23-15-4-3-12(10-1-2-10)21-22(15)14-8-24-7-13(14)20-16-11-5-6-25-17(11)19-9-18-16/h3-6,9-10,13-14H,1-2,7-8H2,(H,18,19,20). The van der Waals surface area contributed by atoms with Crippen molar-refractivity contribution in [2.45, 2.75) is 30.8 Å². The predicted octanol–water partition coefficient (Wildman–Crippen LogP) is 2.18. The Morgan fingerprint density at radius 3 is 3.00 bits per heavy atom. The summed E-state index contributed by atoms with van der Waals surface area (Å²) in [6.07, 6.45) is 3.88. The molecule has 8 heteroatoms. The van der Waals surface area contributed by atoms with Gasteiger partial charge in [0.2, 0.25) is 0 Å². The van der Waals surface area contributed by atoms with Crippen LogP contribution in [-0.2, 0) is 4.74 Å². The molecule has 0 bridgehead atoms. The first-order chi connectivity index (χ1) is 12.3. The van der Waals surface area contributed by atoms with Crippen LogP contribution in [0.4, 0.5) is 5.82 Å². The highest BCUT2D eigenvalue weighted by molar-refractivity contribution is 7.16. The van der Waals surface area contributed by atoms with Gasteiger partial charge in [-0.2, -0.15) is 5.10 Å². The lowest BCUT2D eigenvalue weighted by atomic mass is 10.1. The fourth-order valence-corrected chi connectivity index (χ4v) is 4.01. The van der Waals surface area contributed by atoms with E-state index in [0.29, 0.717) is 19.1 Å². The number of aromatic nitrogens is 4. The van der Waals surface area contributed by atoms with Crippen LogP contribution in [0.3, 0.4) is 0 Å². The summed E-state index contributed by atoms with van der Waals surface area (Å²) < 4.78 is 7.25. The predicted molar refractivity (Wildman–Crippen MR) is 95.2 cm³/mol. The molecule has 0 amide bonds. The summed E-state index contributed by atoms with van der Waals surface area (Å²) >= 11 is 1.58. The minimum atomic E-state index is -0.144. The number of rotatable bonds is 4. The van der Waals surface area contributed by atoms with E-state index in [1.807, 2.05) is 17.5 Å². The van der Waals surface area contributed by atoms with Crippen molar-refractivity contribution in [2.24, 2.45) is 0 Å². The van der Waals surface area contributed by atoms with Gasteiger partial charge < -0.3 is 10.1 Å². The van der Waals surface area contributed by atoms with Gasteiger partial charge in [-0.1, -0.05) is 0 Å². The quantitative estimate of drug-likeness (QED) is 0.772. The number of hydrogen-bond donors (Lipinski definition) is 1. The van der Waals surface area contributed by atoms with Crippen LogP contribution in [0.5, 0.6) is 0 Å². The van der Waals surface area contributed by atoms with Crippen molar-refractivity contribution in [1.29, 1.82) is 0 Å². The molecule has 0 radical (unpaired) electrons. The largest absolute Gasteiger partial charge is 0.377 e. The highest BCUT2D eigenvalue weighted by Crippen LogP contribution is 2.38. The van der Waals surface area contributed by atoms with Crippen molar-refractivity contribution in [2.75, 3.05) is 18.5 Å². The molecule has 5 rings (SSSR count). The molecule has 0 aromatic carbocycles. The highest BCUT2D eigenvalue weighted by Gasteiger charge is 2.33. The number of thiophene rings is 1. The summed E-state index contributed by atoms with van der Waals surface area (Å²) in [5.41, 5.74) is 0.919. The zero-order valence-corrected chi connectivity index (χ0v) is 14.3. The number of nitrogens with one attached hydrogen (secondary N) is 1. The van der Waals surface area contributed by atoms with Crippen molar-refractivity contribution >= 4 is 27.4 Å². The zero-order valence-electron chi connectivity index (χ0n) is 13.5. The number of nitrogens with zero attached hydrogens (tertiary/aromatic N) is 4. The molecule has 3 aromatic rings. The van der Waals surface area contributed by atoms with Gasteiger partial charge in [0.1, 0.15) is 23.0 Å². The second kappa shape index (κ2) is 5.89. The van der Waals surface area contributed by atoms with Gasteiger partial charge in [0, 0.05) is 12.0 Å². The van der Waals surface area contributed by atoms with E-state index < -0.39 is 0 Å². The normalized spacial score (nSPS) is 23.2. The summed E-state index contributed by atoms with van der Waals surface area (Å²) in [6, 6.07) is 5.28. The van der Waals surface area contributed by atoms with Crippen LogP contribution in [-0.4, -0.2) is 39.0 Å². The molecule has 1 aliphatic carbocycles. The second-order valence-electron chi connectivity index (χ2n) is 6.53. The molecule has 2 atom stereocenters. The first-order valence-corrected chi connectivity index (χ1v) is 9.30. The van der Waals surface area contributed by atoms with E-state index in [1.165, 1.54) is 0 Å². The fraction of sp³-hybridized carbons (Fsp3) is 0.412. The zero-order chi connectivity index (χ0) is 16.8. The van der Waals surface area contributed by atoms with Gasteiger partial charge in [0.15, 0.2) is 0 Å². The van der Waals surface area contributed by atoms with Gasteiger partial charge in [-0.15, -0.1) is 11.3 Å². The molecule has 2 aliphatic rings. The van der Waals surface area contributed by atoms with Gasteiger partial charge >= 0.3 is 0 Å². The van der Waals surface area contributed by atoms with Crippen molar-refractivity contribution in [1.82, 2.24) is 19.7 Å². The second-order valence-corrected chi connectivity index (χ2v) is 7.43. The summed E-state index contributed by atoms with van der Waals surface area (Å²) in [5.74, 6) is 1.28. The fourth-order valence-electron chi connectivity index (χ4n) is 3.28. The van der Waals surface area contributed by atoms with Crippen molar-refractivity contribution < 1.29 is 4.74 Å². The smallest absolute Gasteiger partial charge is 0.267 e. The summed E-state index contributed by atoms with van der Waals surface area (Å²) in [6.45, 7) is 0.985. The Balaban J connectivity index is 1.47. The minimum absolute atomic E-state index is 0.0577. The molecular weight excluding hydrogens is 338 g/mol. The van der Waals surface area contributed by atoms with Gasteiger partial charge in [0.25, 0.3) is 5.56 Å². The molecule has 1 N–H and O–H groups in total. The lowest BCUT2D eigenvalue weighted by molar-refractivity contribution is 0.182. The van der Waals surface area contributed by atoms with Gasteiger partial charge in [-0.3, -0.25) is 4.79 Å². The van der Waals surface area contributed by atoms with Gasteiger partial charge in [-0.25, -0.2) is 14.6 Å². The molecule has 25 heavy (non-hydrogen) atoms. The molecule has 1 aliphatic heterocycles. The third kappa shape index (κ3) is 2.71. The van der Waals surface area contributed by atoms with Crippen LogP contribution in [0, 0.1) is 0 Å². The first kappa shape index (κ1) is 15.0. The topological polar surface area (TPSA) is 81.9 Å². The van der Waals surface area contributed by atoms with Gasteiger partial charge in [0.05, 0.1) is 30.3 Å². The number of fused-ring (bicyclic) bond motifs is 1. The van der Waals surface area contributed by atoms with Crippen LogP contribution in [0.15, 0.2) is 34.7 Å². The first-order valence-electron chi connectivity index (χ1n) is 8.42. The number of anilines is 1. The van der Waals surface area contributed by atoms with Crippen molar-refractivity contribution in [3.8, 4) is 0 Å². The Bertz CT molecular complexity index is 980. The van der Waals surface area contributed by atoms with Crippen LogP contribution < -0.4 is 10.9 Å². The Hall–Kier alpha value is -2.32. The van der Waals surface area contributed by atoms with Crippen LogP contribution in [0.25, 0.3) is 10.2 Å². The molecule has 0 spiro atoms. The maximum absolute atomic E-state index is 12.4. The van der Waals surface area contributed by atoms with E-state index in [4.69, 9.17) is 4.74 Å². The molecule has 128 valence electrons. The molecular formula is C17H17N5O2S. The Morgan fingerprint density at radius 1 is 1.20 bits per heavy atom. The molecule has 2 fully saturated rings. The summed E-state index contributed by atoms with van der Waals surface area (Å²) in [5, 5.41) is 11.0. The van der Waals surface area contributed by atoms with Crippen molar-refractivity contribution in [3.05, 3.63) is 46.0 Å². The molecule has 7 nitrogen and oxygen atoms in total. The minimum Gasteiger partial charge on any atom is -0.377 e. The lowest BCUT2D eigenvalue weighted by Crippen LogP contribution is -2.37. The summed E-state index contributed by atoms with van der Waals surface area (Å²) in [4.78, 5) is 22.0. The third-order valence-corrected chi connectivity index (χ3v) is 5.61. The molecule has 2 unspecified atom stereocenters. The molecule has 4 heterocycles. The van der Waals surface area contributed by atoms with E-state index in [9.17, 15) is 4.79 Å². The van der Waals surface area contributed by atoms with Crippen LogP contribution in [0.1, 0.15) is 30.5 Å². The number of hydrogen-bond acceptors (Lipinski definition) is 7. The van der Waals surface area contributed by atoms with E-state index in [0.717, 1.165) is 34.6 Å². The van der Waals surface area contributed by atoms with Crippen LogP contribution >= 0.6 is 11.3 Å². The maximum Gasteiger partial charge on any atom is 0.267 e. The number of ether oxygens (including phenoxy) is 1. The molecule has 3 aromatic heterocycles.